The highest BCUT2D eigenvalue weighted by Crippen LogP contribution is 2.01. The van der Waals surface area contributed by atoms with Gasteiger partial charge >= 0.3 is 0 Å². The second kappa shape index (κ2) is 5.74. The Morgan fingerprint density at radius 2 is 1.91 bits per heavy atom. The number of hydrogen-bond acceptors (Lipinski definition) is 2. The van der Waals surface area contributed by atoms with E-state index in [-0.39, 0.29) is 0 Å². The van der Waals surface area contributed by atoms with E-state index in [1.54, 1.807) is 0 Å². The van der Waals surface area contributed by atoms with Gasteiger partial charge in [-0.05, 0) is 33.0 Å². The van der Waals surface area contributed by atoms with Gasteiger partial charge in [-0.1, -0.05) is 6.92 Å². The van der Waals surface area contributed by atoms with Crippen molar-refractivity contribution in [2.24, 2.45) is 0 Å². The molecule has 0 unspecified atom stereocenters. The molecular weight excluding hydrogens is 154 g/mol. The van der Waals surface area contributed by atoms with Crippen LogP contribution < -0.4 is 5.32 Å². The first-order valence-electron chi connectivity index (χ1n) is 4.47. The molecule has 0 saturated heterocycles. The molecule has 0 aromatic carbocycles. The zero-order valence-corrected chi connectivity index (χ0v) is 9.24. The highest BCUT2D eigenvalue weighted by Gasteiger charge is 2.20. The molecule has 0 aliphatic carbocycles. The molecule has 0 bridgehead atoms. The Bertz CT molecular complexity index is 96.1. The maximum absolute atomic E-state index is 5.65. The van der Waals surface area contributed by atoms with Crippen LogP contribution >= 0.6 is 0 Å². The van der Waals surface area contributed by atoms with Crippen molar-refractivity contribution in [1.29, 1.82) is 0 Å². The van der Waals surface area contributed by atoms with E-state index in [9.17, 15) is 0 Å². The normalized spacial score (nSPS) is 12.0. The second-order valence-corrected chi connectivity index (χ2v) is 7.53. The molecule has 0 radical (unpaired) electrons. The number of rotatable bonds is 6. The van der Waals surface area contributed by atoms with Gasteiger partial charge in [0.2, 0.25) is 0 Å². The lowest BCUT2D eigenvalue weighted by Crippen LogP contribution is -2.43. The van der Waals surface area contributed by atoms with Gasteiger partial charge in [0, 0.05) is 12.8 Å². The first-order chi connectivity index (χ1) is 5.12. The number of hydrogen-bond donors (Lipinski definition) is 1. The molecule has 0 aromatic rings. The van der Waals surface area contributed by atoms with Crippen molar-refractivity contribution in [3.63, 3.8) is 0 Å². The Balaban J connectivity index is 3.38. The van der Waals surface area contributed by atoms with E-state index in [1.807, 2.05) is 0 Å². The summed E-state index contributed by atoms with van der Waals surface area (Å²) >= 11 is 0. The molecule has 3 heteroatoms. The average molecular weight is 175 g/mol. The van der Waals surface area contributed by atoms with Gasteiger partial charge in [0.25, 0.3) is 0 Å². The molecule has 0 saturated carbocycles. The smallest absolute Gasteiger partial charge is 0.200 e. The van der Waals surface area contributed by atoms with Crippen molar-refractivity contribution in [2.45, 2.75) is 33.4 Å². The fourth-order valence-electron chi connectivity index (χ4n) is 1.01. The third kappa shape index (κ3) is 6.53. The van der Waals surface area contributed by atoms with Crippen LogP contribution in [-0.2, 0) is 4.43 Å². The summed E-state index contributed by atoms with van der Waals surface area (Å²) in [5, 5.41) is 3.40. The van der Waals surface area contributed by atoms with Crippen LogP contribution in [0.2, 0.25) is 13.1 Å². The van der Waals surface area contributed by atoms with Crippen molar-refractivity contribution in [3.8, 4) is 0 Å². The van der Waals surface area contributed by atoms with E-state index in [0.717, 1.165) is 19.3 Å². The SMILES string of the molecule is CCCNC[Si](C)(C)OCC. The van der Waals surface area contributed by atoms with Crippen molar-refractivity contribution in [3.05, 3.63) is 0 Å². The van der Waals surface area contributed by atoms with Crippen molar-refractivity contribution >= 4 is 8.32 Å². The van der Waals surface area contributed by atoms with Crippen LogP contribution in [-0.4, -0.2) is 27.6 Å². The molecule has 0 aliphatic rings. The molecule has 0 atom stereocenters. The van der Waals surface area contributed by atoms with Gasteiger partial charge in [-0.15, -0.1) is 0 Å². The van der Waals surface area contributed by atoms with E-state index < -0.39 is 8.32 Å². The lowest BCUT2D eigenvalue weighted by atomic mass is 10.5. The van der Waals surface area contributed by atoms with E-state index in [1.165, 1.54) is 6.42 Å². The van der Waals surface area contributed by atoms with Crippen LogP contribution in [0.25, 0.3) is 0 Å². The van der Waals surface area contributed by atoms with E-state index in [4.69, 9.17) is 4.43 Å². The summed E-state index contributed by atoms with van der Waals surface area (Å²) < 4.78 is 5.65. The zero-order valence-electron chi connectivity index (χ0n) is 8.24. The molecule has 0 rings (SSSR count). The minimum Gasteiger partial charge on any atom is -0.416 e. The van der Waals surface area contributed by atoms with Crippen molar-refractivity contribution in [2.75, 3.05) is 19.3 Å². The summed E-state index contributed by atoms with van der Waals surface area (Å²) in [6, 6.07) is 0. The van der Waals surface area contributed by atoms with Crippen LogP contribution in [0, 0.1) is 0 Å². The summed E-state index contributed by atoms with van der Waals surface area (Å²) in [6.07, 6.45) is 2.28. The zero-order chi connectivity index (χ0) is 8.74. The maximum Gasteiger partial charge on any atom is 0.200 e. The first-order valence-corrected chi connectivity index (χ1v) is 7.58. The van der Waals surface area contributed by atoms with Gasteiger partial charge in [-0.25, -0.2) is 0 Å². The Kier molecular flexibility index (Phi) is 5.82. The molecule has 0 aromatic heterocycles. The summed E-state index contributed by atoms with van der Waals surface area (Å²) in [5.41, 5.74) is 0. The van der Waals surface area contributed by atoms with Crippen LogP contribution in [0.5, 0.6) is 0 Å². The van der Waals surface area contributed by atoms with Crippen molar-refractivity contribution < 1.29 is 4.43 Å². The van der Waals surface area contributed by atoms with Crippen LogP contribution in [0.4, 0.5) is 0 Å². The third-order valence-electron chi connectivity index (χ3n) is 1.51. The predicted octanol–water partition coefficient (Wildman–Crippen LogP) is 1.77. The Morgan fingerprint density at radius 3 is 2.36 bits per heavy atom. The standard InChI is InChI=1S/C8H21NOSi/c1-5-7-9-8-11(3,4)10-6-2/h9H,5-8H2,1-4H3. The van der Waals surface area contributed by atoms with Crippen LogP contribution in [0.15, 0.2) is 0 Å². The molecule has 0 spiro atoms. The van der Waals surface area contributed by atoms with Gasteiger partial charge in [0.05, 0.1) is 0 Å². The quantitative estimate of drug-likeness (QED) is 0.491. The molecular formula is C8H21NOSi. The summed E-state index contributed by atoms with van der Waals surface area (Å²) in [6.45, 7) is 10.7. The molecule has 0 aliphatic heterocycles. The summed E-state index contributed by atoms with van der Waals surface area (Å²) in [5.74, 6) is 0. The lowest BCUT2D eigenvalue weighted by molar-refractivity contribution is 0.326. The molecule has 0 fully saturated rings. The average Bonchev–Trinajstić information content (AvgIpc) is 1.87. The third-order valence-corrected chi connectivity index (χ3v) is 3.68. The molecule has 1 N–H and O–H groups in total. The highest BCUT2D eigenvalue weighted by atomic mass is 28.4. The highest BCUT2D eigenvalue weighted by molar-refractivity contribution is 6.71. The van der Waals surface area contributed by atoms with E-state index in [2.05, 4.69) is 32.3 Å². The van der Waals surface area contributed by atoms with Crippen LogP contribution in [0.3, 0.4) is 0 Å². The Hall–Kier alpha value is 0.137. The summed E-state index contributed by atoms with van der Waals surface area (Å²) in [7, 11) is -1.35. The minimum atomic E-state index is -1.35. The largest absolute Gasteiger partial charge is 0.416 e. The lowest BCUT2D eigenvalue weighted by Gasteiger charge is -2.21. The Morgan fingerprint density at radius 1 is 1.27 bits per heavy atom. The number of nitrogens with one attached hydrogen (secondary N) is 1. The summed E-state index contributed by atoms with van der Waals surface area (Å²) in [4.78, 5) is 0. The van der Waals surface area contributed by atoms with E-state index in [0.29, 0.717) is 0 Å². The first kappa shape index (κ1) is 11.1. The molecule has 0 amide bonds. The van der Waals surface area contributed by atoms with E-state index >= 15 is 0 Å². The second-order valence-electron chi connectivity index (χ2n) is 3.37. The van der Waals surface area contributed by atoms with Gasteiger partial charge in [0.15, 0.2) is 8.32 Å². The molecule has 2 nitrogen and oxygen atoms in total. The van der Waals surface area contributed by atoms with Gasteiger partial charge < -0.3 is 9.74 Å². The molecule has 11 heavy (non-hydrogen) atoms. The fraction of sp³-hybridized carbons (Fsp3) is 1.00. The van der Waals surface area contributed by atoms with Crippen LogP contribution in [0.1, 0.15) is 20.3 Å². The topological polar surface area (TPSA) is 21.3 Å². The van der Waals surface area contributed by atoms with Crippen molar-refractivity contribution in [1.82, 2.24) is 5.32 Å². The minimum absolute atomic E-state index is 0.854. The van der Waals surface area contributed by atoms with Gasteiger partial charge in [-0.2, -0.15) is 0 Å². The molecule has 0 heterocycles. The molecule has 68 valence electrons. The van der Waals surface area contributed by atoms with Gasteiger partial charge in [-0.3, -0.25) is 0 Å². The predicted molar refractivity (Wildman–Crippen MR) is 52.3 cm³/mol. The Labute approximate surface area is 71.5 Å². The monoisotopic (exact) mass is 175 g/mol. The fourth-order valence-corrected chi connectivity index (χ4v) is 2.67. The maximum atomic E-state index is 5.65. The van der Waals surface area contributed by atoms with Gasteiger partial charge in [0.1, 0.15) is 0 Å².